The number of nitrogens with two attached hydrogens (primary N) is 1. The highest BCUT2D eigenvalue weighted by Crippen LogP contribution is 2.51. The van der Waals surface area contributed by atoms with E-state index >= 15 is 0 Å². The average Bonchev–Trinajstić information content (AvgIpc) is 2.94. The van der Waals surface area contributed by atoms with Gasteiger partial charge >= 0.3 is 11.9 Å². The Morgan fingerprint density at radius 2 is 1.87 bits per heavy atom. The lowest BCUT2D eigenvalue weighted by Gasteiger charge is -2.42. The highest BCUT2D eigenvalue weighted by atomic mass is 32.2. The molecule has 2 aliphatic rings. The number of aliphatic carboxylic acids is 1. The number of fused-ring (bicyclic) bond motifs is 1. The maximum atomic E-state index is 12.5. The molecule has 0 saturated carbocycles. The molecule has 3 rings (SSSR count). The summed E-state index contributed by atoms with van der Waals surface area (Å²) in [4.78, 5) is 36.2. The number of methoxy groups -OCH3 is 1. The SMILES string of the molecule is CC(C)[C@H](N)C(=O)O.CO[C@H]1C(=O)N2[C@@H]1SC(C)(C)[C@@H]2C(=O)OCc1ccccc1. The van der Waals surface area contributed by atoms with Gasteiger partial charge in [-0.15, -0.1) is 11.8 Å². The monoisotopic (exact) mass is 438 g/mol. The summed E-state index contributed by atoms with van der Waals surface area (Å²) in [5.74, 6) is -1.40. The maximum Gasteiger partial charge on any atom is 0.330 e. The largest absolute Gasteiger partial charge is 0.480 e. The second-order valence-electron chi connectivity index (χ2n) is 8.12. The Bertz CT molecular complexity index is 770. The lowest BCUT2D eigenvalue weighted by atomic mass is 9.97. The van der Waals surface area contributed by atoms with Crippen molar-refractivity contribution in [2.45, 2.75) is 62.6 Å². The number of ether oxygens (including phenoxy) is 2. The minimum absolute atomic E-state index is 0.0208. The number of amides is 1. The molecule has 30 heavy (non-hydrogen) atoms. The lowest BCUT2D eigenvalue weighted by molar-refractivity contribution is -0.175. The van der Waals surface area contributed by atoms with Gasteiger partial charge in [0.05, 0.1) is 0 Å². The van der Waals surface area contributed by atoms with Gasteiger partial charge < -0.3 is 25.2 Å². The molecular weight excluding hydrogens is 408 g/mol. The lowest BCUT2D eigenvalue weighted by Crippen LogP contribution is -2.66. The Kier molecular flexibility index (Phi) is 7.90. The van der Waals surface area contributed by atoms with Crippen molar-refractivity contribution in [3.63, 3.8) is 0 Å². The molecule has 2 fully saturated rings. The number of β-lactam (4-membered cyclic amide) rings is 1. The summed E-state index contributed by atoms with van der Waals surface area (Å²) in [6, 6.07) is 8.24. The number of carboxylic acids is 1. The van der Waals surface area contributed by atoms with Gasteiger partial charge in [0.1, 0.15) is 24.1 Å². The molecule has 0 bridgehead atoms. The Labute approximate surface area is 181 Å². The van der Waals surface area contributed by atoms with E-state index in [0.717, 1.165) is 5.56 Å². The van der Waals surface area contributed by atoms with E-state index in [1.54, 1.807) is 30.5 Å². The Morgan fingerprint density at radius 1 is 1.27 bits per heavy atom. The van der Waals surface area contributed by atoms with Gasteiger partial charge in [0.15, 0.2) is 6.10 Å². The zero-order valence-corrected chi connectivity index (χ0v) is 18.7. The van der Waals surface area contributed by atoms with E-state index in [-0.39, 0.29) is 34.5 Å². The molecule has 1 aromatic rings. The highest BCUT2D eigenvalue weighted by molar-refractivity contribution is 8.01. The number of esters is 1. The van der Waals surface area contributed by atoms with Crippen molar-refractivity contribution in [3.05, 3.63) is 35.9 Å². The fourth-order valence-electron chi connectivity index (χ4n) is 3.27. The minimum atomic E-state index is -0.931. The smallest absolute Gasteiger partial charge is 0.330 e. The summed E-state index contributed by atoms with van der Waals surface area (Å²) in [5, 5.41) is 8.13. The number of rotatable bonds is 6. The van der Waals surface area contributed by atoms with Crippen LogP contribution >= 0.6 is 11.8 Å². The number of carbonyl (C=O) groups is 3. The van der Waals surface area contributed by atoms with Crippen molar-refractivity contribution >= 4 is 29.6 Å². The van der Waals surface area contributed by atoms with E-state index in [0.29, 0.717) is 0 Å². The van der Waals surface area contributed by atoms with Crippen LogP contribution in [0.15, 0.2) is 30.3 Å². The predicted octanol–water partition coefficient (Wildman–Crippen LogP) is 1.86. The molecule has 3 N–H and O–H groups in total. The van der Waals surface area contributed by atoms with Gasteiger partial charge in [-0.3, -0.25) is 9.59 Å². The molecule has 0 aromatic heterocycles. The number of carbonyl (C=O) groups excluding carboxylic acids is 2. The van der Waals surface area contributed by atoms with E-state index in [2.05, 4.69) is 0 Å². The van der Waals surface area contributed by atoms with E-state index in [4.69, 9.17) is 20.3 Å². The number of thioether (sulfide) groups is 1. The van der Waals surface area contributed by atoms with Gasteiger partial charge in [-0.05, 0) is 25.3 Å². The van der Waals surface area contributed by atoms with Crippen molar-refractivity contribution < 1.29 is 29.0 Å². The molecule has 166 valence electrons. The predicted molar refractivity (Wildman–Crippen MR) is 114 cm³/mol. The molecule has 1 amide bonds. The normalized spacial score (nSPS) is 25.0. The molecule has 2 aliphatic heterocycles. The second-order valence-corrected chi connectivity index (χ2v) is 9.89. The minimum Gasteiger partial charge on any atom is -0.480 e. The third-order valence-corrected chi connectivity index (χ3v) is 6.64. The first kappa shape index (κ1) is 24.2. The van der Waals surface area contributed by atoms with Crippen LogP contribution in [0.2, 0.25) is 0 Å². The van der Waals surface area contributed by atoms with Gasteiger partial charge in [0.2, 0.25) is 0 Å². The van der Waals surface area contributed by atoms with Crippen LogP contribution < -0.4 is 5.73 Å². The van der Waals surface area contributed by atoms with Crippen LogP contribution in [0.5, 0.6) is 0 Å². The fourth-order valence-corrected chi connectivity index (χ4v) is 4.92. The molecule has 2 heterocycles. The van der Waals surface area contributed by atoms with Crippen molar-refractivity contribution in [2.75, 3.05) is 7.11 Å². The maximum absolute atomic E-state index is 12.5. The zero-order chi connectivity index (χ0) is 22.6. The van der Waals surface area contributed by atoms with Crippen LogP contribution in [-0.4, -0.2) is 63.3 Å². The quantitative estimate of drug-likeness (QED) is 0.510. The number of hydrogen-bond donors (Lipinski definition) is 2. The summed E-state index contributed by atoms with van der Waals surface area (Å²) in [5.41, 5.74) is 6.09. The average molecular weight is 439 g/mol. The van der Waals surface area contributed by atoms with Crippen LogP contribution in [0.1, 0.15) is 33.3 Å². The molecule has 0 radical (unpaired) electrons. The highest BCUT2D eigenvalue weighted by Gasteiger charge is 2.64. The number of nitrogens with zero attached hydrogens (tertiary/aromatic N) is 1. The third kappa shape index (κ3) is 5.14. The Hall–Kier alpha value is -2.10. The molecule has 4 atom stereocenters. The molecule has 0 unspecified atom stereocenters. The summed E-state index contributed by atoms with van der Waals surface area (Å²) < 4.78 is 10.2. The van der Waals surface area contributed by atoms with Crippen molar-refractivity contribution in [3.8, 4) is 0 Å². The first-order valence-electron chi connectivity index (χ1n) is 9.73. The van der Waals surface area contributed by atoms with Gasteiger partial charge in [-0.2, -0.15) is 0 Å². The van der Waals surface area contributed by atoms with Crippen LogP contribution in [-0.2, 0) is 30.5 Å². The van der Waals surface area contributed by atoms with Crippen LogP contribution in [0.25, 0.3) is 0 Å². The molecule has 0 aliphatic carbocycles. The van der Waals surface area contributed by atoms with Crippen LogP contribution in [0.3, 0.4) is 0 Å². The number of carboxylic acid groups (broad SMARTS) is 1. The van der Waals surface area contributed by atoms with E-state index in [9.17, 15) is 14.4 Å². The summed E-state index contributed by atoms with van der Waals surface area (Å²) >= 11 is 1.59. The van der Waals surface area contributed by atoms with Crippen LogP contribution in [0, 0.1) is 5.92 Å². The first-order chi connectivity index (χ1) is 14.0. The first-order valence-corrected chi connectivity index (χ1v) is 10.6. The van der Waals surface area contributed by atoms with Crippen molar-refractivity contribution in [1.82, 2.24) is 4.90 Å². The molecule has 1 aromatic carbocycles. The summed E-state index contributed by atoms with van der Waals surface area (Å²) in [6.45, 7) is 7.70. The third-order valence-electron chi connectivity index (χ3n) is 5.10. The summed E-state index contributed by atoms with van der Waals surface area (Å²) in [6.07, 6.45) is -0.448. The van der Waals surface area contributed by atoms with Gasteiger partial charge in [-0.25, -0.2) is 4.79 Å². The molecule has 2 saturated heterocycles. The Balaban J connectivity index is 0.000000343. The Morgan fingerprint density at radius 3 is 2.33 bits per heavy atom. The fraction of sp³-hybridized carbons (Fsp3) is 0.571. The van der Waals surface area contributed by atoms with Gasteiger partial charge in [0.25, 0.3) is 5.91 Å². The molecular formula is C21H30N2O6S. The second kappa shape index (κ2) is 9.80. The van der Waals surface area contributed by atoms with Crippen molar-refractivity contribution in [2.24, 2.45) is 11.7 Å². The standard InChI is InChI=1S/C16H19NO4S.C5H11NO2/c1-16(2)12(17-13(18)11(20-3)14(17)22-16)15(19)21-9-10-7-5-4-6-8-10;1-3(2)4(6)5(7)8/h4-8,11-12,14H,9H2,1-3H3;3-4H,6H2,1-2H3,(H,7,8)/t11-,12-,14+;4-/m00/s1. The molecule has 9 heteroatoms. The van der Waals surface area contributed by atoms with Gasteiger partial charge in [-0.1, -0.05) is 44.2 Å². The van der Waals surface area contributed by atoms with E-state index in [1.807, 2.05) is 44.2 Å². The topological polar surface area (TPSA) is 119 Å². The zero-order valence-electron chi connectivity index (χ0n) is 17.9. The summed E-state index contributed by atoms with van der Waals surface area (Å²) in [7, 11) is 1.52. The number of hydrogen-bond acceptors (Lipinski definition) is 7. The van der Waals surface area contributed by atoms with Crippen molar-refractivity contribution in [1.29, 1.82) is 0 Å². The molecule has 8 nitrogen and oxygen atoms in total. The van der Waals surface area contributed by atoms with E-state index < -0.39 is 24.2 Å². The molecule has 0 spiro atoms. The van der Waals surface area contributed by atoms with Gasteiger partial charge in [0, 0.05) is 11.9 Å². The van der Waals surface area contributed by atoms with Crippen LogP contribution in [0.4, 0.5) is 0 Å². The number of benzene rings is 1. The van der Waals surface area contributed by atoms with E-state index in [1.165, 1.54) is 7.11 Å².